The number of aromatic nitrogens is 2. The smallest absolute Gasteiger partial charge is 0.154 e. The number of anilines is 1. The summed E-state index contributed by atoms with van der Waals surface area (Å²) < 4.78 is 0. The minimum atomic E-state index is 0.606. The van der Waals surface area contributed by atoms with Gasteiger partial charge in [-0.3, -0.25) is 5.10 Å². The Morgan fingerprint density at radius 1 is 1.22 bits per heavy atom. The number of thiophene rings is 1. The maximum absolute atomic E-state index is 6.04. The topological polar surface area (TPSA) is 54.7 Å². The predicted molar refractivity (Wildman–Crippen MR) is 76.8 cm³/mol. The van der Waals surface area contributed by atoms with Crippen LogP contribution in [0.5, 0.6) is 0 Å². The van der Waals surface area contributed by atoms with Gasteiger partial charge in [0.2, 0.25) is 0 Å². The second kappa shape index (κ2) is 5.14. The Hall–Kier alpha value is -1.29. The Morgan fingerprint density at radius 3 is 2.67 bits per heavy atom. The summed E-state index contributed by atoms with van der Waals surface area (Å²) >= 11 is 1.74. The van der Waals surface area contributed by atoms with Crippen LogP contribution in [0, 0.1) is 0 Å². The zero-order valence-electron chi connectivity index (χ0n) is 10.5. The van der Waals surface area contributed by atoms with Crippen LogP contribution >= 0.6 is 11.3 Å². The molecular weight excluding hydrogens is 242 g/mol. The molecular formula is C14H19N3S. The van der Waals surface area contributed by atoms with Gasteiger partial charge in [-0.05, 0) is 24.3 Å². The minimum Gasteiger partial charge on any atom is -0.382 e. The molecule has 3 nitrogen and oxygen atoms in total. The van der Waals surface area contributed by atoms with Crippen LogP contribution in [0.15, 0.2) is 17.5 Å². The SMILES string of the molecule is Nc1n[nH]c(C2CCCCCC2)c1-c1cccs1. The highest BCUT2D eigenvalue weighted by molar-refractivity contribution is 7.13. The van der Waals surface area contributed by atoms with E-state index in [4.69, 9.17) is 5.73 Å². The number of H-pyrrole nitrogens is 1. The van der Waals surface area contributed by atoms with Crippen LogP contribution in [0.4, 0.5) is 5.82 Å². The normalized spacial score (nSPS) is 17.8. The van der Waals surface area contributed by atoms with Crippen LogP contribution < -0.4 is 5.73 Å². The van der Waals surface area contributed by atoms with Gasteiger partial charge in [0.1, 0.15) is 0 Å². The Bertz CT molecular complexity index is 493. The maximum atomic E-state index is 6.04. The average molecular weight is 261 g/mol. The molecule has 0 bridgehead atoms. The van der Waals surface area contributed by atoms with Gasteiger partial charge in [-0.1, -0.05) is 31.7 Å². The monoisotopic (exact) mass is 261 g/mol. The molecule has 1 aliphatic rings. The molecule has 1 fully saturated rings. The third kappa shape index (κ3) is 2.17. The van der Waals surface area contributed by atoms with Crippen molar-refractivity contribution in [3.63, 3.8) is 0 Å². The van der Waals surface area contributed by atoms with E-state index in [9.17, 15) is 0 Å². The fourth-order valence-electron chi connectivity index (χ4n) is 2.91. The summed E-state index contributed by atoms with van der Waals surface area (Å²) in [5, 5.41) is 9.53. The largest absolute Gasteiger partial charge is 0.382 e. The van der Waals surface area contributed by atoms with E-state index in [1.807, 2.05) is 0 Å². The molecule has 4 heteroatoms. The molecule has 1 saturated carbocycles. The van der Waals surface area contributed by atoms with Crippen molar-refractivity contribution >= 4 is 17.2 Å². The summed E-state index contributed by atoms with van der Waals surface area (Å²) in [6.07, 6.45) is 7.92. The van der Waals surface area contributed by atoms with Crippen molar-refractivity contribution in [3.05, 3.63) is 23.2 Å². The summed E-state index contributed by atoms with van der Waals surface area (Å²) in [4.78, 5) is 1.24. The fraction of sp³-hybridized carbons (Fsp3) is 0.500. The molecule has 0 aromatic carbocycles. The van der Waals surface area contributed by atoms with Crippen molar-refractivity contribution in [2.24, 2.45) is 0 Å². The molecule has 2 heterocycles. The van der Waals surface area contributed by atoms with Gasteiger partial charge in [-0.15, -0.1) is 11.3 Å². The van der Waals surface area contributed by atoms with Crippen LogP contribution in [0.2, 0.25) is 0 Å². The molecule has 0 atom stereocenters. The number of nitrogens with one attached hydrogen (secondary N) is 1. The predicted octanol–water partition coefficient (Wildman–Crippen LogP) is 4.16. The number of hydrogen-bond donors (Lipinski definition) is 2. The lowest BCUT2D eigenvalue weighted by atomic mass is 9.93. The zero-order chi connectivity index (χ0) is 12.4. The van der Waals surface area contributed by atoms with Crippen LogP contribution in [0.3, 0.4) is 0 Å². The minimum absolute atomic E-state index is 0.606. The first-order valence-corrected chi connectivity index (χ1v) is 7.62. The molecule has 1 aliphatic carbocycles. The number of nitrogen functional groups attached to an aromatic ring is 1. The molecule has 0 unspecified atom stereocenters. The average Bonchev–Trinajstić information content (AvgIpc) is 2.92. The molecule has 3 N–H and O–H groups in total. The fourth-order valence-corrected chi connectivity index (χ4v) is 3.71. The molecule has 18 heavy (non-hydrogen) atoms. The van der Waals surface area contributed by atoms with Gasteiger partial charge >= 0.3 is 0 Å². The first-order valence-electron chi connectivity index (χ1n) is 6.74. The molecule has 0 radical (unpaired) electrons. The molecule has 0 amide bonds. The van der Waals surface area contributed by atoms with E-state index in [1.54, 1.807) is 11.3 Å². The maximum Gasteiger partial charge on any atom is 0.154 e. The van der Waals surface area contributed by atoms with Crippen molar-refractivity contribution < 1.29 is 0 Å². The summed E-state index contributed by atoms with van der Waals surface area (Å²) in [7, 11) is 0. The third-order valence-electron chi connectivity index (χ3n) is 3.85. The number of aromatic amines is 1. The van der Waals surface area contributed by atoms with Crippen molar-refractivity contribution in [1.29, 1.82) is 0 Å². The highest BCUT2D eigenvalue weighted by Gasteiger charge is 2.22. The Labute approximate surface area is 111 Å². The van der Waals surface area contributed by atoms with Gasteiger partial charge < -0.3 is 5.73 Å². The molecule has 0 saturated heterocycles. The van der Waals surface area contributed by atoms with E-state index in [1.165, 1.54) is 49.1 Å². The van der Waals surface area contributed by atoms with Gasteiger partial charge in [0.15, 0.2) is 5.82 Å². The quantitative estimate of drug-likeness (QED) is 0.798. The molecule has 0 spiro atoms. The Balaban J connectivity index is 1.96. The summed E-state index contributed by atoms with van der Waals surface area (Å²) in [5.41, 5.74) is 8.45. The van der Waals surface area contributed by atoms with Crippen molar-refractivity contribution in [3.8, 4) is 10.4 Å². The van der Waals surface area contributed by atoms with Crippen LogP contribution in [0.25, 0.3) is 10.4 Å². The van der Waals surface area contributed by atoms with E-state index in [0.717, 1.165) is 5.56 Å². The van der Waals surface area contributed by atoms with E-state index in [2.05, 4.69) is 27.7 Å². The van der Waals surface area contributed by atoms with Crippen molar-refractivity contribution in [2.75, 3.05) is 5.73 Å². The summed E-state index contributed by atoms with van der Waals surface area (Å²) in [6, 6.07) is 4.20. The van der Waals surface area contributed by atoms with Gasteiger partial charge in [0, 0.05) is 16.5 Å². The number of rotatable bonds is 2. The second-order valence-electron chi connectivity index (χ2n) is 5.06. The number of nitrogens with two attached hydrogens (primary N) is 1. The Kier molecular flexibility index (Phi) is 3.37. The number of hydrogen-bond acceptors (Lipinski definition) is 3. The highest BCUT2D eigenvalue weighted by atomic mass is 32.1. The van der Waals surface area contributed by atoms with Crippen molar-refractivity contribution in [1.82, 2.24) is 10.2 Å². The van der Waals surface area contributed by atoms with Crippen LogP contribution in [-0.2, 0) is 0 Å². The van der Waals surface area contributed by atoms with Crippen molar-refractivity contribution in [2.45, 2.75) is 44.4 Å². The second-order valence-corrected chi connectivity index (χ2v) is 6.01. The van der Waals surface area contributed by atoms with E-state index < -0.39 is 0 Å². The number of nitrogens with zero attached hydrogens (tertiary/aromatic N) is 1. The highest BCUT2D eigenvalue weighted by Crippen LogP contribution is 2.39. The van der Waals surface area contributed by atoms with E-state index >= 15 is 0 Å². The van der Waals surface area contributed by atoms with Gasteiger partial charge in [0.25, 0.3) is 0 Å². The first kappa shape index (κ1) is 11.8. The lowest BCUT2D eigenvalue weighted by Gasteiger charge is -2.13. The zero-order valence-corrected chi connectivity index (χ0v) is 11.3. The van der Waals surface area contributed by atoms with Gasteiger partial charge in [-0.25, -0.2) is 0 Å². The Morgan fingerprint density at radius 2 is 2.00 bits per heavy atom. The molecule has 2 aromatic heterocycles. The molecule has 0 aliphatic heterocycles. The van der Waals surface area contributed by atoms with Crippen LogP contribution in [0.1, 0.15) is 50.1 Å². The van der Waals surface area contributed by atoms with E-state index in [0.29, 0.717) is 11.7 Å². The van der Waals surface area contributed by atoms with Crippen LogP contribution in [-0.4, -0.2) is 10.2 Å². The lowest BCUT2D eigenvalue weighted by Crippen LogP contribution is -2.00. The third-order valence-corrected chi connectivity index (χ3v) is 4.74. The van der Waals surface area contributed by atoms with Gasteiger partial charge in [-0.2, -0.15) is 5.10 Å². The molecule has 2 aromatic rings. The van der Waals surface area contributed by atoms with Gasteiger partial charge in [0.05, 0.1) is 5.56 Å². The summed E-state index contributed by atoms with van der Waals surface area (Å²) in [6.45, 7) is 0. The first-order chi connectivity index (χ1) is 8.86. The van der Waals surface area contributed by atoms with E-state index in [-0.39, 0.29) is 0 Å². The summed E-state index contributed by atoms with van der Waals surface area (Å²) in [5.74, 6) is 1.26. The molecule has 3 rings (SSSR count). The lowest BCUT2D eigenvalue weighted by molar-refractivity contribution is 0.577. The standard InChI is InChI=1S/C14H19N3S/c15-14-12(11-8-5-9-18-11)13(16-17-14)10-6-3-1-2-4-7-10/h5,8-10H,1-4,6-7H2,(H3,15,16,17). The molecule has 96 valence electrons.